The largest absolute Gasteiger partial charge is 0.309 e. The van der Waals surface area contributed by atoms with Crippen LogP contribution in [0, 0.1) is 0 Å². The number of nitrogens with one attached hydrogen (secondary N) is 1. The van der Waals surface area contributed by atoms with Crippen molar-refractivity contribution in [1.82, 2.24) is 9.97 Å². The lowest BCUT2D eigenvalue weighted by atomic mass is 10.2. The van der Waals surface area contributed by atoms with Crippen molar-refractivity contribution < 1.29 is 0 Å². The summed E-state index contributed by atoms with van der Waals surface area (Å²) in [5, 5.41) is 0.824. The smallest absolute Gasteiger partial charge is 0.259 e. The molecule has 0 radical (unpaired) electrons. The first-order valence-electron chi connectivity index (χ1n) is 8.23. The molecule has 4 nitrogen and oxygen atoms in total. The van der Waals surface area contributed by atoms with E-state index in [1.54, 1.807) is 34.9 Å². The lowest BCUT2D eigenvalue weighted by molar-refractivity contribution is 0.916. The number of fused-ring (bicyclic) bond motifs is 4. The summed E-state index contributed by atoms with van der Waals surface area (Å²) >= 11 is 5.09. The minimum Gasteiger partial charge on any atom is -0.309 e. The Balaban J connectivity index is 1.40. The number of aryl methyl sites for hydroxylation is 2. The van der Waals surface area contributed by atoms with Crippen LogP contribution in [0.25, 0.3) is 10.2 Å². The van der Waals surface area contributed by atoms with E-state index in [0.29, 0.717) is 5.75 Å². The van der Waals surface area contributed by atoms with E-state index in [4.69, 9.17) is 9.98 Å². The van der Waals surface area contributed by atoms with Gasteiger partial charge in [0, 0.05) is 10.6 Å². The fourth-order valence-electron chi connectivity index (χ4n) is 3.33. The van der Waals surface area contributed by atoms with E-state index in [2.05, 4.69) is 23.2 Å². The number of aliphatic imine (C=N–C) groups is 1. The third kappa shape index (κ3) is 2.84. The number of H-pyrrole nitrogens is 1. The van der Waals surface area contributed by atoms with Crippen molar-refractivity contribution in [2.75, 3.05) is 0 Å². The summed E-state index contributed by atoms with van der Waals surface area (Å²) in [6.07, 6.45) is 3.26. The number of rotatable bonds is 2. The van der Waals surface area contributed by atoms with E-state index in [0.717, 1.165) is 51.1 Å². The molecule has 3 heterocycles. The molecule has 0 fully saturated rings. The number of thioether (sulfide) groups is 2. The zero-order valence-electron chi connectivity index (χ0n) is 13.4. The van der Waals surface area contributed by atoms with Gasteiger partial charge in [0.15, 0.2) is 0 Å². The number of hydrogen-bond donors (Lipinski definition) is 1. The van der Waals surface area contributed by atoms with Crippen LogP contribution < -0.4 is 5.56 Å². The van der Waals surface area contributed by atoms with E-state index in [9.17, 15) is 4.79 Å². The first kappa shape index (κ1) is 15.7. The fourth-order valence-corrected chi connectivity index (χ4v) is 6.54. The van der Waals surface area contributed by atoms with Gasteiger partial charge in [0.1, 0.15) is 15.0 Å². The second kappa shape index (κ2) is 6.30. The Hall–Kier alpha value is -1.57. The van der Waals surface area contributed by atoms with E-state index >= 15 is 0 Å². The molecule has 2 aromatic heterocycles. The lowest BCUT2D eigenvalue weighted by Crippen LogP contribution is -2.11. The Morgan fingerprint density at radius 2 is 2.16 bits per heavy atom. The summed E-state index contributed by atoms with van der Waals surface area (Å²) in [6.45, 7) is 0. The molecule has 0 unspecified atom stereocenters. The van der Waals surface area contributed by atoms with Crippen molar-refractivity contribution in [1.29, 1.82) is 0 Å². The monoisotopic (exact) mass is 385 g/mol. The Morgan fingerprint density at radius 1 is 1.24 bits per heavy atom. The Labute approximate surface area is 157 Å². The molecule has 1 aliphatic carbocycles. The third-order valence-corrected chi connectivity index (χ3v) is 7.95. The van der Waals surface area contributed by atoms with Gasteiger partial charge in [-0.3, -0.25) is 4.79 Å². The van der Waals surface area contributed by atoms with Crippen molar-refractivity contribution >= 4 is 55.1 Å². The van der Waals surface area contributed by atoms with E-state index in [1.165, 1.54) is 16.0 Å². The number of para-hydroxylation sites is 1. The summed E-state index contributed by atoms with van der Waals surface area (Å²) in [5.74, 6) is 2.33. The number of nitrogens with zero attached hydrogens (tertiary/aromatic N) is 2. The fraction of sp³-hybridized carbons (Fsp3) is 0.278. The normalized spacial score (nSPS) is 15.9. The summed E-state index contributed by atoms with van der Waals surface area (Å²) in [6, 6.07) is 8.24. The van der Waals surface area contributed by atoms with Gasteiger partial charge < -0.3 is 4.98 Å². The molecule has 7 heteroatoms. The quantitative estimate of drug-likeness (QED) is 0.698. The minimum atomic E-state index is 0.0172. The molecule has 0 bridgehead atoms. The molecule has 25 heavy (non-hydrogen) atoms. The molecule has 1 N–H and O–H groups in total. The zero-order valence-corrected chi connectivity index (χ0v) is 15.8. The van der Waals surface area contributed by atoms with Crippen LogP contribution in [0.15, 0.2) is 34.1 Å². The second-order valence-corrected chi connectivity index (χ2v) is 9.40. The van der Waals surface area contributed by atoms with Crippen LogP contribution >= 0.6 is 34.9 Å². The highest BCUT2D eigenvalue weighted by Crippen LogP contribution is 2.36. The van der Waals surface area contributed by atoms with Crippen LogP contribution in [-0.2, 0) is 24.3 Å². The molecule has 1 aliphatic heterocycles. The van der Waals surface area contributed by atoms with Gasteiger partial charge in [-0.2, -0.15) is 0 Å². The highest BCUT2D eigenvalue weighted by atomic mass is 32.2. The number of aromatic amines is 1. The maximum atomic E-state index is 12.5. The third-order valence-electron chi connectivity index (χ3n) is 4.51. The van der Waals surface area contributed by atoms with E-state index in [1.807, 2.05) is 6.07 Å². The molecular formula is C18H15N3OS3. The zero-order chi connectivity index (χ0) is 16.8. The number of aromatic nitrogens is 2. The molecule has 0 amide bonds. The molecule has 0 saturated heterocycles. The first-order chi connectivity index (χ1) is 12.3. The minimum absolute atomic E-state index is 0.0172. The van der Waals surface area contributed by atoms with Gasteiger partial charge in [-0.15, -0.1) is 11.3 Å². The molecule has 2 aliphatic rings. The van der Waals surface area contributed by atoms with Crippen LogP contribution in [0.2, 0.25) is 0 Å². The molecule has 126 valence electrons. The Bertz CT molecular complexity index is 1070. The van der Waals surface area contributed by atoms with Crippen LogP contribution in [0.3, 0.4) is 0 Å². The van der Waals surface area contributed by atoms with Crippen molar-refractivity contribution in [2.45, 2.75) is 30.8 Å². The van der Waals surface area contributed by atoms with E-state index in [-0.39, 0.29) is 5.56 Å². The van der Waals surface area contributed by atoms with Gasteiger partial charge in [-0.05, 0) is 36.5 Å². The molecular weight excluding hydrogens is 370 g/mol. The molecule has 0 saturated carbocycles. The highest BCUT2D eigenvalue weighted by Gasteiger charge is 2.21. The Kier molecular flexibility index (Phi) is 3.95. The van der Waals surface area contributed by atoms with Crippen molar-refractivity contribution in [2.24, 2.45) is 4.99 Å². The molecule has 3 aromatic rings. The molecule has 5 rings (SSSR count). The first-order valence-corrected chi connectivity index (χ1v) is 11.0. The predicted molar refractivity (Wildman–Crippen MR) is 108 cm³/mol. The average Bonchev–Trinajstić information content (AvgIpc) is 3.20. The molecule has 0 atom stereocenters. The van der Waals surface area contributed by atoms with Gasteiger partial charge in [-0.25, -0.2) is 9.98 Å². The van der Waals surface area contributed by atoms with Gasteiger partial charge in [0.05, 0.1) is 16.8 Å². The Morgan fingerprint density at radius 3 is 3.12 bits per heavy atom. The highest BCUT2D eigenvalue weighted by molar-refractivity contribution is 8.38. The maximum absolute atomic E-state index is 12.5. The van der Waals surface area contributed by atoms with Gasteiger partial charge >= 0.3 is 0 Å². The van der Waals surface area contributed by atoms with Gasteiger partial charge in [0.25, 0.3) is 5.56 Å². The number of thiophene rings is 1. The molecule has 0 spiro atoms. The standard InChI is InChI=1S/C18H15N3OS3/c22-16-15-11-5-3-7-13(11)25-17(15)21-14(20-16)9-24-18-19-12-6-2-1-4-10(12)8-23-18/h1-2,4,6H,3,5,7-9H2,(H,20,21,22). The summed E-state index contributed by atoms with van der Waals surface area (Å²) < 4.78 is 1.04. The SMILES string of the molecule is O=c1[nH]c(CSC2=Nc3ccccc3CS2)nc2sc3c(c12)CCC3. The van der Waals surface area contributed by atoms with Crippen molar-refractivity contribution in [3.63, 3.8) is 0 Å². The van der Waals surface area contributed by atoms with Crippen LogP contribution in [0.5, 0.6) is 0 Å². The topological polar surface area (TPSA) is 58.1 Å². The molecule has 1 aromatic carbocycles. The van der Waals surface area contributed by atoms with E-state index < -0.39 is 0 Å². The predicted octanol–water partition coefficient (Wildman–Crippen LogP) is 4.64. The summed E-state index contributed by atoms with van der Waals surface area (Å²) in [4.78, 5) is 27.1. The van der Waals surface area contributed by atoms with Crippen LogP contribution in [0.4, 0.5) is 5.69 Å². The maximum Gasteiger partial charge on any atom is 0.259 e. The second-order valence-electron chi connectivity index (χ2n) is 6.13. The summed E-state index contributed by atoms with van der Waals surface area (Å²) in [5.41, 5.74) is 3.58. The van der Waals surface area contributed by atoms with Crippen molar-refractivity contribution in [3.05, 3.63) is 56.4 Å². The van der Waals surface area contributed by atoms with Crippen LogP contribution in [-0.4, -0.2) is 14.3 Å². The lowest BCUT2D eigenvalue weighted by Gasteiger charge is -2.13. The number of hydrogen-bond acceptors (Lipinski definition) is 6. The number of benzene rings is 1. The van der Waals surface area contributed by atoms with Gasteiger partial charge in [0.2, 0.25) is 0 Å². The summed E-state index contributed by atoms with van der Waals surface area (Å²) in [7, 11) is 0. The van der Waals surface area contributed by atoms with Crippen LogP contribution in [0.1, 0.15) is 28.2 Å². The van der Waals surface area contributed by atoms with Crippen molar-refractivity contribution in [3.8, 4) is 0 Å². The van der Waals surface area contributed by atoms with Gasteiger partial charge in [-0.1, -0.05) is 41.7 Å². The average molecular weight is 386 g/mol.